The highest BCUT2D eigenvalue weighted by Crippen LogP contribution is 2.52. The van der Waals surface area contributed by atoms with E-state index < -0.39 is 28.3 Å². The molecule has 1 aliphatic heterocycles. The van der Waals surface area contributed by atoms with Crippen LogP contribution in [-0.2, 0) is 20.7 Å². The summed E-state index contributed by atoms with van der Waals surface area (Å²) in [6, 6.07) is 15.4. The Hall–Kier alpha value is -2.08. The molecule has 0 amide bonds. The molecule has 4 atom stereocenters. The lowest BCUT2D eigenvalue weighted by Gasteiger charge is -2.40. The number of hydrogen-bond acceptors (Lipinski definition) is 5. The number of methoxy groups -OCH3 is 1. The van der Waals surface area contributed by atoms with Gasteiger partial charge in [0.25, 0.3) is 0 Å². The molecule has 0 unspecified atom stereocenters. The fourth-order valence-electron chi connectivity index (χ4n) is 3.78. The fraction of sp³-hybridized carbons (Fsp3) is 0.375. The van der Waals surface area contributed by atoms with Gasteiger partial charge in [0.1, 0.15) is 0 Å². The zero-order valence-electron chi connectivity index (χ0n) is 17.5. The van der Waals surface area contributed by atoms with Crippen molar-refractivity contribution in [3.05, 3.63) is 81.8 Å². The number of rotatable bonds is 5. The van der Waals surface area contributed by atoms with Crippen LogP contribution >= 0.6 is 11.8 Å². The van der Waals surface area contributed by atoms with Gasteiger partial charge in [-0.1, -0.05) is 65.7 Å². The molecule has 1 heterocycles. The molecular weight excluding hydrogens is 384 g/mol. The number of esters is 1. The molecule has 5 heteroatoms. The molecule has 0 aromatic heterocycles. The van der Waals surface area contributed by atoms with Crippen molar-refractivity contribution in [2.75, 3.05) is 7.11 Å². The maximum absolute atomic E-state index is 12.2. The van der Waals surface area contributed by atoms with E-state index in [4.69, 9.17) is 4.74 Å². The van der Waals surface area contributed by atoms with Crippen molar-refractivity contribution < 1.29 is 19.7 Å². The van der Waals surface area contributed by atoms with E-state index in [-0.39, 0.29) is 0 Å². The molecule has 3 rings (SSSR count). The van der Waals surface area contributed by atoms with Gasteiger partial charge in [-0.25, -0.2) is 4.79 Å². The van der Waals surface area contributed by atoms with Crippen molar-refractivity contribution in [2.24, 2.45) is 5.92 Å². The van der Waals surface area contributed by atoms with Crippen LogP contribution in [-0.4, -0.2) is 28.5 Å². The molecule has 154 valence electrons. The summed E-state index contributed by atoms with van der Waals surface area (Å²) < 4.78 is 4.91. The van der Waals surface area contributed by atoms with Crippen molar-refractivity contribution in [2.45, 2.75) is 44.1 Å². The minimum Gasteiger partial charge on any atom is -0.465 e. The van der Waals surface area contributed by atoms with Crippen LogP contribution in [0.2, 0.25) is 0 Å². The Kier molecular flexibility index (Phi) is 5.95. The lowest BCUT2D eigenvalue weighted by Crippen LogP contribution is -2.45. The van der Waals surface area contributed by atoms with Gasteiger partial charge in [0.15, 0.2) is 0 Å². The molecule has 0 bridgehead atoms. The zero-order chi connectivity index (χ0) is 21.4. The maximum atomic E-state index is 12.2. The first kappa shape index (κ1) is 21.6. The van der Waals surface area contributed by atoms with Gasteiger partial charge in [-0.3, -0.25) is 0 Å². The summed E-state index contributed by atoms with van der Waals surface area (Å²) >= 11 is 1.26. The Balaban J connectivity index is 2.06. The van der Waals surface area contributed by atoms with E-state index in [9.17, 15) is 15.0 Å². The Bertz CT molecular complexity index is 911. The average Bonchev–Trinajstić information content (AvgIpc) is 3.15. The van der Waals surface area contributed by atoms with Crippen LogP contribution in [0.1, 0.15) is 36.1 Å². The molecule has 0 fully saturated rings. The van der Waals surface area contributed by atoms with Crippen molar-refractivity contribution in [1.29, 1.82) is 0 Å². The van der Waals surface area contributed by atoms with Crippen LogP contribution in [0, 0.1) is 19.8 Å². The molecule has 2 N–H and O–H groups in total. The Morgan fingerprint density at radius 2 is 1.34 bits per heavy atom. The zero-order valence-corrected chi connectivity index (χ0v) is 18.3. The third-order valence-corrected chi connectivity index (χ3v) is 7.34. The minimum absolute atomic E-state index is 0.405. The topological polar surface area (TPSA) is 66.8 Å². The van der Waals surface area contributed by atoms with E-state index >= 15 is 0 Å². The van der Waals surface area contributed by atoms with Crippen LogP contribution in [0.3, 0.4) is 0 Å². The van der Waals surface area contributed by atoms with Gasteiger partial charge in [0, 0.05) is 5.92 Å². The summed E-state index contributed by atoms with van der Waals surface area (Å²) in [5.74, 6) is -0.956. The molecule has 1 aliphatic rings. The van der Waals surface area contributed by atoms with Gasteiger partial charge >= 0.3 is 5.97 Å². The number of ether oxygens (including phenoxy) is 1. The first-order valence-corrected chi connectivity index (χ1v) is 10.5. The Morgan fingerprint density at radius 1 is 0.897 bits per heavy atom. The largest absolute Gasteiger partial charge is 0.465 e. The monoisotopic (exact) mass is 412 g/mol. The second-order valence-electron chi connectivity index (χ2n) is 8.11. The van der Waals surface area contributed by atoms with Crippen molar-refractivity contribution in [1.82, 2.24) is 0 Å². The second-order valence-corrected chi connectivity index (χ2v) is 9.30. The predicted octanol–water partition coefficient (Wildman–Crippen LogP) is 4.21. The molecular formula is C24H28O4S. The third kappa shape index (κ3) is 4.13. The van der Waals surface area contributed by atoms with Crippen LogP contribution in [0.25, 0.3) is 0 Å². The van der Waals surface area contributed by atoms with E-state index in [2.05, 4.69) is 0 Å². The second kappa shape index (κ2) is 7.98. The van der Waals surface area contributed by atoms with Gasteiger partial charge in [-0.2, -0.15) is 0 Å². The van der Waals surface area contributed by atoms with Gasteiger partial charge in [0.2, 0.25) is 0 Å². The number of carbonyl (C=O) groups is 1. The first-order valence-electron chi connectivity index (χ1n) is 9.63. The van der Waals surface area contributed by atoms with Gasteiger partial charge in [0.05, 0.1) is 28.5 Å². The molecule has 0 radical (unpaired) electrons. The number of hydrogen-bond donors (Lipinski definition) is 2. The highest BCUT2D eigenvalue weighted by atomic mass is 32.2. The summed E-state index contributed by atoms with van der Waals surface area (Å²) in [6.07, 6.45) is 1.74. The molecule has 4 nitrogen and oxygen atoms in total. The molecule has 0 saturated carbocycles. The fourth-order valence-corrected chi connectivity index (χ4v) is 5.31. The summed E-state index contributed by atoms with van der Waals surface area (Å²) in [7, 11) is 1.34. The smallest absolute Gasteiger partial charge is 0.344 e. The minimum atomic E-state index is -1.28. The number of aliphatic hydroxyl groups is 2. The Labute approximate surface area is 176 Å². The maximum Gasteiger partial charge on any atom is 0.344 e. The molecule has 0 saturated heterocycles. The summed E-state index contributed by atoms with van der Waals surface area (Å²) in [5.41, 5.74) is 1.12. The van der Waals surface area contributed by atoms with E-state index in [1.165, 1.54) is 18.9 Å². The predicted molar refractivity (Wildman–Crippen MR) is 116 cm³/mol. The van der Waals surface area contributed by atoms with Crippen molar-refractivity contribution in [3.8, 4) is 0 Å². The molecule has 2 aromatic rings. The van der Waals surface area contributed by atoms with Crippen LogP contribution in [0.4, 0.5) is 0 Å². The number of thioether (sulfide) groups is 1. The normalized spacial score (nSPS) is 23.1. The number of carbonyl (C=O) groups excluding carboxylic acids is 1. The van der Waals surface area contributed by atoms with Crippen LogP contribution in [0.5, 0.6) is 0 Å². The standard InChI is InChI=1S/C24H28O4S/c1-15-6-10-17(11-7-15)23(3,26)19-14-20(22(25)28-5)29-21(19)24(4,27)18-12-8-16(2)9-13-18/h6-14,19,21,26-27H,1-5H3/t19-,21-,23-,24-/m1/s1. The van der Waals surface area contributed by atoms with E-state index in [0.717, 1.165) is 22.3 Å². The SMILES string of the molecule is COC(=O)C1=C[C@@H]([C@](C)(O)c2ccc(C)cc2)[C@H]([C@](C)(O)c2ccc(C)cc2)S1. The quantitative estimate of drug-likeness (QED) is 0.720. The highest BCUT2D eigenvalue weighted by Gasteiger charge is 2.51. The lowest BCUT2D eigenvalue weighted by atomic mass is 9.74. The molecule has 0 aliphatic carbocycles. The van der Waals surface area contributed by atoms with Crippen LogP contribution in [0.15, 0.2) is 59.5 Å². The molecule has 0 spiro atoms. The van der Waals surface area contributed by atoms with E-state index in [0.29, 0.717) is 4.91 Å². The number of aryl methyl sites for hydroxylation is 2. The highest BCUT2D eigenvalue weighted by molar-refractivity contribution is 8.04. The first-order chi connectivity index (χ1) is 13.6. The summed E-state index contributed by atoms with van der Waals surface area (Å²) in [6.45, 7) is 7.45. The average molecular weight is 413 g/mol. The summed E-state index contributed by atoms with van der Waals surface area (Å²) in [5, 5.41) is 22.6. The van der Waals surface area contributed by atoms with Crippen molar-refractivity contribution >= 4 is 17.7 Å². The molecule has 29 heavy (non-hydrogen) atoms. The van der Waals surface area contributed by atoms with Crippen molar-refractivity contribution in [3.63, 3.8) is 0 Å². The van der Waals surface area contributed by atoms with Crippen LogP contribution < -0.4 is 0 Å². The van der Waals surface area contributed by atoms with Gasteiger partial charge in [-0.05, 0) is 38.8 Å². The van der Waals surface area contributed by atoms with E-state index in [1.807, 2.05) is 62.4 Å². The Morgan fingerprint density at radius 3 is 1.79 bits per heavy atom. The van der Waals surface area contributed by atoms with E-state index in [1.54, 1.807) is 19.9 Å². The van der Waals surface area contributed by atoms with Gasteiger partial charge in [-0.15, -0.1) is 11.8 Å². The molecule has 2 aromatic carbocycles. The number of benzene rings is 2. The lowest BCUT2D eigenvalue weighted by molar-refractivity contribution is -0.135. The summed E-state index contributed by atoms with van der Waals surface area (Å²) in [4.78, 5) is 12.7. The van der Waals surface area contributed by atoms with Gasteiger partial charge < -0.3 is 14.9 Å². The third-order valence-electron chi connectivity index (χ3n) is 5.77.